The molecule has 11 nitrogen and oxygen atoms in total. The lowest BCUT2D eigenvalue weighted by atomic mass is 10.1. The molecule has 0 atom stereocenters. The van der Waals surface area contributed by atoms with Gasteiger partial charge in [-0.05, 0) is 61.7 Å². The third-order valence-corrected chi connectivity index (χ3v) is 7.15. The van der Waals surface area contributed by atoms with Crippen LogP contribution in [0.15, 0.2) is 49.1 Å². The fourth-order valence-corrected chi connectivity index (χ4v) is 5.25. The lowest BCUT2D eigenvalue weighted by Crippen LogP contribution is -2.27. The first-order valence-electron chi connectivity index (χ1n) is 14.2. The summed E-state index contributed by atoms with van der Waals surface area (Å²) in [6, 6.07) is 6.75. The quantitative estimate of drug-likeness (QED) is 0.245. The van der Waals surface area contributed by atoms with Gasteiger partial charge in [0.05, 0.1) is 28.5 Å². The van der Waals surface area contributed by atoms with Crippen LogP contribution in [0.2, 0.25) is 0 Å². The van der Waals surface area contributed by atoms with Gasteiger partial charge in [0.2, 0.25) is 0 Å². The van der Waals surface area contributed by atoms with Crippen molar-refractivity contribution in [1.29, 1.82) is 0 Å². The summed E-state index contributed by atoms with van der Waals surface area (Å²) in [7, 11) is 7.00. The molecule has 1 amide bonds. The highest BCUT2D eigenvalue weighted by Gasteiger charge is 2.21. The molecule has 0 aliphatic heterocycles. The van der Waals surface area contributed by atoms with E-state index in [-0.39, 0.29) is 42.4 Å². The van der Waals surface area contributed by atoms with Gasteiger partial charge in [0.25, 0.3) is 0 Å². The van der Waals surface area contributed by atoms with Gasteiger partial charge in [-0.2, -0.15) is 0 Å². The van der Waals surface area contributed by atoms with E-state index in [0.29, 0.717) is 39.6 Å². The number of hydrogen-bond donors (Lipinski definition) is 1. The van der Waals surface area contributed by atoms with Crippen molar-refractivity contribution in [3.63, 3.8) is 0 Å². The van der Waals surface area contributed by atoms with E-state index in [1.165, 1.54) is 6.92 Å². The van der Waals surface area contributed by atoms with Crippen molar-refractivity contribution in [2.45, 2.75) is 52.6 Å². The molecule has 0 saturated carbocycles. The Balaban J connectivity index is 1.40. The number of anilines is 1. The van der Waals surface area contributed by atoms with E-state index < -0.39 is 11.7 Å². The molecule has 0 fully saturated rings. The molecule has 0 unspecified atom stereocenters. The number of ether oxygens (including phenoxy) is 1. The summed E-state index contributed by atoms with van der Waals surface area (Å²) in [6.45, 7) is 6.79. The second-order valence-corrected chi connectivity index (χ2v) is 12.2. The molecule has 4 aromatic rings. The minimum absolute atomic E-state index is 0.0687. The molecule has 0 spiro atoms. The average molecular weight is 602 g/mol. The highest BCUT2D eigenvalue weighted by Crippen LogP contribution is 2.20. The summed E-state index contributed by atoms with van der Waals surface area (Å²) in [6.07, 6.45) is 6.62. The molecule has 44 heavy (non-hydrogen) atoms. The first kappa shape index (κ1) is 32.0. The van der Waals surface area contributed by atoms with Crippen LogP contribution in [0.5, 0.6) is 0 Å². The number of hydrogen-bond acceptors (Lipinski definition) is 6. The van der Waals surface area contributed by atoms with Crippen LogP contribution < -0.4 is 5.32 Å². The third kappa shape index (κ3) is 7.52. The molecule has 0 saturated heterocycles. The molecular formula is C33H39N5O6. The van der Waals surface area contributed by atoms with Gasteiger partial charge >= 0.3 is 6.09 Å². The molecule has 232 valence electrons. The standard InChI is InChI=1S/C33H39N5O6/c1-20(39)25-9-21(16-35(25)5)12-29(40)26-10-22(17-36(26)6)13-30(41)27-11-23(18-37(27)7)14-31(42)28-15-24(19-38(28)8)34-32(43)44-33(2,3)4/h9-11,15-19H,12-14H2,1-8H3,(H,34,43). The fraction of sp³-hybridized carbons (Fsp3) is 0.364. The number of aryl methyl sites for hydroxylation is 4. The summed E-state index contributed by atoms with van der Waals surface area (Å²) < 4.78 is 12.0. The number of ketones is 4. The van der Waals surface area contributed by atoms with Crippen molar-refractivity contribution in [2.24, 2.45) is 28.2 Å². The van der Waals surface area contributed by atoms with Gasteiger partial charge in [-0.3, -0.25) is 24.5 Å². The van der Waals surface area contributed by atoms with Gasteiger partial charge in [0, 0.05) is 79.2 Å². The monoisotopic (exact) mass is 601 g/mol. The molecule has 0 aliphatic carbocycles. The lowest BCUT2D eigenvalue weighted by Gasteiger charge is -2.19. The van der Waals surface area contributed by atoms with Crippen LogP contribution in [0.1, 0.15) is 86.3 Å². The number of nitrogens with zero attached hydrogens (tertiary/aromatic N) is 4. The number of carbonyl (C=O) groups excluding carboxylic acids is 5. The number of Topliss-reactive ketones (excluding diaryl/α,β-unsaturated/α-hetero) is 4. The summed E-state index contributed by atoms with van der Waals surface area (Å²) in [5, 5.41) is 2.64. The maximum absolute atomic E-state index is 13.3. The van der Waals surface area contributed by atoms with Gasteiger partial charge in [0.1, 0.15) is 5.60 Å². The number of carbonyl (C=O) groups is 5. The van der Waals surface area contributed by atoms with Crippen LogP contribution in [0.25, 0.3) is 0 Å². The maximum atomic E-state index is 13.3. The average Bonchev–Trinajstić information content (AvgIpc) is 3.64. The van der Waals surface area contributed by atoms with E-state index >= 15 is 0 Å². The van der Waals surface area contributed by atoms with Gasteiger partial charge < -0.3 is 23.0 Å². The van der Waals surface area contributed by atoms with Crippen LogP contribution in [-0.4, -0.2) is 53.1 Å². The number of aromatic nitrogens is 4. The third-order valence-electron chi connectivity index (χ3n) is 7.15. The molecule has 11 heteroatoms. The second kappa shape index (κ2) is 12.4. The van der Waals surface area contributed by atoms with Crippen LogP contribution in [0.4, 0.5) is 10.5 Å². The van der Waals surface area contributed by atoms with E-state index in [4.69, 9.17) is 4.74 Å². The molecule has 0 radical (unpaired) electrons. The summed E-state index contributed by atoms with van der Waals surface area (Å²) in [5.74, 6) is -0.500. The maximum Gasteiger partial charge on any atom is 0.412 e. The molecule has 4 rings (SSSR count). The van der Waals surface area contributed by atoms with E-state index in [2.05, 4.69) is 5.32 Å². The number of amides is 1. The zero-order valence-electron chi connectivity index (χ0n) is 26.5. The zero-order chi connectivity index (χ0) is 32.5. The highest BCUT2D eigenvalue weighted by atomic mass is 16.6. The normalized spacial score (nSPS) is 11.5. The summed E-state index contributed by atoms with van der Waals surface area (Å²) in [4.78, 5) is 63.3. The number of nitrogens with one attached hydrogen (secondary N) is 1. The van der Waals surface area contributed by atoms with Crippen molar-refractivity contribution in [3.05, 3.63) is 88.5 Å². The fourth-order valence-electron chi connectivity index (χ4n) is 5.25. The Hall–Kier alpha value is -4.93. The Morgan fingerprint density at radius 2 is 0.977 bits per heavy atom. The molecule has 4 aromatic heterocycles. The molecule has 4 heterocycles. The Morgan fingerprint density at radius 3 is 1.36 bits per heavy atom. The predicted octanol–water partition coefficient (Wildman–Crippen LogP) is 4.87. The molecule has 0 bridgehead atoms. The molecule has 1 N–H and O–H groups in total. The van der Waals surface area contributed by atoms with Gasteiger partial charge in [0.15, 0.2) is 23.1 Å². The van der Waals surface area contributed by atoms with E-state index in [1.54, 1.807) is 116 Å². The first-order chi connectivity index (χ1) is 20.5. The Labute approximate surface area is 256 Å². The topological polar surface area (TPSA) is 126 Å². The summed E-state index contributed by atoms with van der Waals surface area (Å²) in [5.41, 5.74) is 3.79. The van der Waals surface area contributed by atoms with Gasteiger partial charge in [-0.1, -0.05) is 0 Å². The predicted molar refractivity (Wildman–Crippen MR) is 166 cm³/mol. The van der Waals surface area contributed by atoms with Crippen molar-refractivity contribution in [1.82, 2.24) is 18.3 Å². The van der Waals surface area contributed by atoms with Crippen LogP contribution >= 0.6 is 0 Å². The lowest BCUT2D eigenvalue weighted by molar-refractivity contribution is 0.0635. The zero-order valence-corrected chi connectivity index (χ0v) is 26.5. The van der Waals surface area contributed by atoms with Gasteiger partial charge in [-0.15, -0.1) is 0 Å². The molecule has 0 aromatic carbocycles. The van der Waals surface area contributed by atoms with E-state index in [0.717, 1.165) is 5.56 Å². The van der Waals surface area contributed by atoms with Crippen molar-refractivity contribution < 1.29 is 28.7 Å². The largest absolute Gasteiger partial charge is 0.444 e. The minimum atomic E-state index is -0.648. The number of rotatable bonds is 11. The Kier molecular flexibility index (Phi) is 8.98. The second-order valence-electron chi connectivity index (χ2n) is 12.2. The highest BCUT2D eigenvalue weighted by molar-refractivity contribution is 6.01. The Morgan fingerprint density at radius 1 is 0.614 bits per heavy atom. The first-order valence-corrected chi connectivity index (χ1v) is 14.2. The van der Waals surface area contributed by atoms with Crippen molar-refractivity contribution in [3.8, 4) is 0 Å². The SMILES string of the molecule is CC(=O)c1cc(CC(=O)c2cc(CC(=O)c3cc(CC(=O)c4cc(NC(=O)OC(C)(C)C)cn4C)cn3C)cn2C)cn1C. The summed E-state index contributed by atoms with van der Waals surface area (Å²) >= 11 is 0. The van der Waals surface area contributed by atoms with Crippen LogP contribution in [0, 0.1) is 0 Å². The van der Waals surface area contributed by atoms with E-state index in [9.17, 15) is 24.0 Å². The van der Waals surface area contributed by atoms with Crippen molar-refractivity contribution >= 4 is 34.9 Å². The Bertz CT molecular complexity index is 1770. The minimum Gasteiger partial charge on any atom is -0.444 e. The van der Waals surface area contributed by atoms with Crippen LogP contribution in [-0.2, 0) is 52.2 Å². The van der Waals surface area contributed by atoms with Crippen LogP contribution in [0.3, 0.4) is 0 Å². The van der Waals surface area contributed by atoms with Crippen molar-refractivity contribution in [2.75, 3.05) is 5.32 Å². The van der Waals surface area contributed by atoms with E-state index in [1.807, 2.05) is 0 Å². The van der Waals surface area contributed by atoms with Gasteiger partial charge in [-0.25, -0.2) is 4.79 Å². The molecular weight excluding hydrogens is 562 g/mol. The smallest absolute Gasteiger partial charge is 0.412 e. The molecule has 0 aliphatic rings.